The summed E-state index contributed by atoms with van der Waals surface area (Å²) in [7, 11) is 0. The number of carbonyl (C=O) groups is 1. The standard InChI is InChI=1S/C18H23F2N5O2/c1-11-6-13(21)9-24-17(11)18(26)25-14-2-3-15(20)12(7-14)8-23-16(22)10-27-5-4-19/h2-3,6,9,12H,4-5,7-8,10,21H2,1H3,(H2,22,23)(H,25,26). The first-order valence-electron chi connectivity index (χ1n) is 8.43. The van der Waals surface area contributed by atoms with Crippen molar-refractivity contribution in [3.05, 3.63) is 47.2 Å². The van der Waals surface area contributed by atoms with Gasteiger partial charge in [0.25, 0.3) is 5.91 Å². The molecule has 0 spiro atoms. The zero-order chi connectivity index (χ0) is 19.8. The summed E-state index contributed by atoms with van der Waals surface area (Å²) < 4.78 is 30.9. The Bertz CT molecular complexity index is 777. The smallest absolute Gasteiger partial charge is 0.274 e. The minimum atomic E-state index is -0.608. The molecule has 2 rings (SSSR count). The number of alkyl halides is 1. The maximum atomic E-state index is 14.0. The minimum Gasteiger partial charge on any atom is -0.397 e. The van der Waals surface area contributed by atoms with E-state index >= 15 is 0 Å². The molecule has 1 aliphatic rings. The fourth-order valence-electron chi connectivity index (χ4n) is 2.54. The third-order valence-corrected chi connectivity index (χ3v) is 3.87. The van der Waals surface area contributed by atoms with Gasteiger partial charge in [0, 0.05) is 11.6 Å². The summed E-state index contributed by atoms with van der Waals surface area (Å²) in [5, 5.41) is 2.74. The number of nitrogen functional groups attached to an aromatic ring is 1. The number of hydrogen-bond acceptors (Lipinski definition) is 5. The van der Waals surface area contributed by atoms with Crippen molar-refractivity contribution in [1.82, 2.24) is 10.3 Å². The number of carbonyl (C=O) groups excluding carboxylic acids is 1. The summed E-state index contributed by atoms with van der Waals surface area (Å²) in [5.74, 6) is -1.13. The van der Waals surface area contributed by atoms with Crippen molar-refractivity contribution in [3.8, 4) is 0 Å². The second kappa shape index (κ2) is 9.77. The molecular weight excluding hydrogens is 356 g/mol. The van der Waals surface area contributed by atoms with E-state index < -0.39 is 18.5 Å². The Balaban J connectivity index is 1.95. The highest BCUT2D eigenvalue weighted by Crippen LogP contribution is 2.25. The van der Waals surface area contributed by atoms with Crippen LogP contribution in [0.4, 0.5) is 14.5 Å². The van der Waals surface area contributed by atoms with E-state index in [0.717, 1.165) is 0 Å². The molecule has 1 aromatic heterocycles. The Labute approximate surface area is 156 Å². The van der Waals surface area contributed by atoms with Gasteiger partial charge in [0.05, 0.1) is 25.0 Å². The largest absolute Gasteiger partial charge is 0.397 e. The van der Waals surface area contributed by atoms with Crippen LogP contribution in [-0.4, -0.2) is 43.2 Å². The van der Waals surface area contributed by atoms with Crippen LogP contribution in [-0.2, 0) is 4.74 Å². The minimum absolute atomic E-state index is 0.0104. The van der Waals surface area contributed by atoms with Gasteiger partial charge in [-0.3, -0.25) is 9.79 Å². The number of nitrogens with two attached hydrogens (primary N) is 2. The number of aryl methyl sites for hydroxylation is 1. The van der Waals surface area contributed by atoms with Crippen LogP contribution < -0.4 is 16.8 Å². The van der Waals surface area contributed by atoms with Crippen LogP contribution >= 0.6 is 0 Å². The van der Waals surface area contributed by atoms with Crippen LogP contribution in [0.1, 0.15) is 22.5 Å². The average molecular weight is 379 g/mol. The molecule has 0 aliphatic heterocycles. The number of pyridine rings is 1. The number of rotatable bonds is 8. The first kappa shape index (κ1) is 20.5. The second-order valence-corrected chi connectivity index (χ2v) is 6.11. The molecule has 0 fully saturated rings. The van der Waals surface area contributed by atoms with E-state index in [9.17, 15) is 13.6 Å². The molecule has 1 heterocycles. The maximum absolute atomic E-state index is 14.0. The fraction of sp³-hybridized carbons (Fsp3) is 0.389. The number of ether oxygens (including phenoxy) is 1. The van der Waals surface area contributed by atoms with E-state index in [-0.39, 0.29) is 43.5 Å². The average Bonchev–Trinajstić information content (AvgIpc) is 2.62. The highest BCUT2D eigenvalue weighted by atomic mass is 19.1. The SMILES string of the molecule is Cc1cc(N)cnc1C(=O)NC1=CC=C(F)C(CN=C(N)COCCF)C1. The highest BCUT2D eigenvalue weighted by molar-refractivity contribution is 5.95. The van der Waals surface area contributed by atoms with Gasteiger partial charge in [-0.15, -0.1) is 0 Å². The summed E-state index contributed by atoms with van der Waals surface area (Å²) in [5.41, 5.74) is 13.2. The molecule has 0 saturated carbocycles. The fourth-order valence-corrected chi connectivity index (χ4v) is 2.54. The molecular formula is C18H23F2N5O2. The summed E-state index contributed by atoms with van der Waals surface area (Å²) >= 11 is 0. The highest BCUT2D eigenvalue weighted by Gasteiger charge is 2.22. The van der Waals surface area contributed by atoms with Crippen LogP contribution in [0.15, 0.2) is 40.9 Å². The zero-order valence-electron chi connectivity index (χ0n) is 15.0. The van der Waals surface area contributed by atoms with Crippen molar-refractivity contribution >= 4 is 17.4 Å². The van der Waals surface area contributed by atoms with Crippen molar-refractivity contribution in [3.63, 3.8) is 0 Å². The number of nitrogens with zero attached hydrogens (tertiary/aromatic N) is 2. The van der Waals surface area contributed by atoms with Crippen LogP contribution in [0.25, 0.3) is 0 Å². The molecule has 0 radical (unpaired) electrons. The molecule has 7 nitrogen and oxygen atoms in total. The molecule has 0 bridgehead atoms. The Morgan fingerprint density at radius 3 is 2.96 bits per heavy atom. The second-order valence-electron chi connectivity index (χ2n) is 6.11. The van der Waals surface area contributed by atoms with Crippen molar-refractivity contribution in [2.75, 3.05) is 32.2 Å². The summed E-state index contributed by atoms with van der Waals surface area (Å²) in [4.78, 5) is 20.5. The molecule has 1 atom stereocenters. The molecule has 1 aliphatic carbocycles. The molecule has 1 aromatic rings. The van der Waals surface area contributed by atoms with E-state index in [1.807, 2.05) is 0 Å². The monoisotopic (exact) mass is 379 g/mol. The Hall–Kier alpha value is -2.81. The first-order chi connectivity index (χ1) is 12.9. The molecule has 146 valence electrons. The van der Waals surface area contributed by atoms with E-state index in [1.165, 1.54) is 18.3 Å². The van der Waals surface area contributed by atoms with E-state index in [0.29, 0.717) is 16.9 Å². The molecule has 1 unspecified atom stereocenters. The van der Waals surface area contributed by atoms with E-state index in [2.05, 4.69) is 15.3 Å². The van der Waals surface area contributed by atoms with Crippen LogP contribution in [0.2, 0.25) is 0 Å². The number of allylic oxidation sites excluding steroid dienone is 3. The van der Waals surface area contributed by atoms with Gasteiger partial charge < -0.3 is 21.5 Å². The van der Waals surface area contributed by atoms with Gasteiger partial charge >= 0.3 is 0 Å². The van der Waals surface area contributed by atoms with Crippen molar-refractivity contribution in [1.29, 1.82) is 0 Å². The molecule has 0 saturated heterocycles. The summed E-state index contributed by atoms with van der Waals surface area (Å²) in [6.07, 6.45) is 4.46. The van der Waals surface area contributed by atoms with Crippen molar-refractivity contribution in [2.45, 2.75) is 13.3 Å². The number of anilines is 1. The number of amides is 1. The Morgan fingerprint density at radius 2 is 2.26 bits per heavy atom. The summed E-state index contributed by atoms with van der Waals surface area (Å²) in [6.45, 7) is 1.15. The Kier molecular flexibility index (Phi) is 7.42. The molecule has 0 aromatic carbocycles. The van der Waals surface area contributed by atoms with Gasteiger partial charge in [0.2, 0.25) is 0 Å². The first-order valence-corrected chi connectivity index (χ1v) is 8.43. The number of amidine groups is 1. The molecule has 27 heavy (non-hydrogen) atoms. The zero-order valence-corrected chi connectivity index (χ0v) is 15.0. The van der Waals surface area contributed by atoms with Crippen LogP contribution in [0.5, 0.6) is 0 Å². The van der Waals surface area contributed by atoms with Gasteiger partial charge in [-0.1, -0.05) is 0 Å². The van der Waals surface area contributed by atoms with E-state index in [4.69, 9.17) is 16.2 Å². The third kappa shape index (κ3) is 6.14. The number of aliphatic imine (C=N–C) groups is 1. The van der Waals surface area contributed by atoms with E-state index in [1.54, 1.807) is 13.0 Å². The normalized spacial score (nSPS) is 17.3. The summed E-state index contributed by atoms with van der Waals surface area (Å²) in [6, 6.07) is 1.65. The van der Waals surface area contributed by atoms with Gasteiger partial charge in [-0.25, -0.2) is 13.8 Å². The lowest BCUT2D eigenvalue weighted by atomic mass is 9.96. The van der Waals surface area contributed by atoms with Gasteiger partial charge in [0.1, 0.15) is 30.6 Å². The van der Waals surface area contributed by atoms with Gasteiger partial charge in [0.15, 0.2) is 0 Å². The quantitative estimate of drug-likeness (QED) is 0.362. The maximum Gasteiger partial charge on any atom is 0.274 e. The lowest BCUT2D eigenvalue weighted by Crippen LogP contribution is -2.28. The van der Waals surface area contributed by atoms with Gasteiger partial charge in [-0.2, -0.15) is 0 Å². The van der Waals surface area contributed by atoms with Crippen LogP contribution in [0.3, 0.4) is 0 Å². The Morgan fingerprint density at radius 1 is 1.48 bits per heavy atom. The predicted molar refractivity (Wildman–Crippen MR) is 99.5 cm³/mol. The molecule has 1 amide bonds. The lowest BCUT2D eigenvalue weighted by Gasteiger charge is -2.20. The topological polar surface area (TPSA) is 116 Å². The van der Waals surface area contributed by atoms with Crippen molar-refractivity contribution < 1.29 is 18.3 Å². The predicted octanol–water partition coefficient (Wildman–Crippen LogP) is 1.80. The number of nitrogens with one attached hydrogen (secondary N) is 1. The molecule has 9 heteroatoms. The number of aromatic nitrogens is 1. The third-order valence-electron chi connectivity index (χ3n) is 3.87. The van der Waals surface area contributed by atoms with Crippen LogP contribution in [0, 0.1) is 12.8 Å². The number of halogens is 2. The van der Waals surface area contributed by atoms with Gasteiger partial charge in [-0.05, 0) is 37.1 Å². The molecule has 5 N–H and O–H groups in total. The number of hydrogen-bond donors (Lipinski definition) is 3. The lowest BCUT2D eigenvalue weighted by molar-refractivity contribution is 0.0958. The van der Waals surface area contributed by atoms with Crippen molar-refractivity contribution in [2.24, 2.45) is 16.6 Å².